The first-order valence-electron chi connectivity index (χ1n) is 10.6. The van der Waals surface area contributed by atoms with Crippen molar-refractivity contribution in [1.29, 1.82) is 0 Å². The quantitative estimate of drug-likeness (QED) is 0.396. The van der Waals surface area contributed by atoms with Crippen molar-refractivity contribution in [2.45, 2.75) is 6.10 Å². The van der Waals surface area contributed by atoms with Crippen LogP contribution in [-0.4, -0.2) is 49.1 Å². The molecule has 0 aromatic heterocycles. The Kier molecular flexibility index (Phi) is 6.85. The third kappa shape index (κ3) is 5.12. The van der Waals surface area contributed by atoms with Gasteiger partial charge in [-0.05, 0) is 23.8 Å². The smallest absolute Gasteiger partial charge is 0.270 e. The van der Waals surface area contributed by atoms with Gasteiger partial charge in [0.2, 0.25) is 6.10 Å². The van der Waals surface area contributed by atoms with Crippen LogP contribution in [0.5, 0.6) is 11.5 Å². The molecule has 1 fully saturated rings. The van der Waals surface area contributed by atoms with Crippen molar-refractivity contribution in [3.05, 3.63) is 88.5 Å². The Morgan fingerprint density at radius 1 is 1.03 bits per heavy atom. The van der Waals surface area contributed by atoms with Crippen LogP contribution in [0.15, 0.2) is 72.8 Å². The van der Waals surface area contributed by atoms with Gasteiger partial charge in [0.25, 0.3) is 11.6 Å². The zero-order valence-corrected chi connectivity index (χ0v) is 18.2. The number of amides is 1. The summed E-state index contributed by atoms with van der Waals surface area (Å²) in [5.74, 6) is 0.862. The van der Waals surface area contributed by atoms with Gasteiger partial charge in [0.1, 0.15) is 11.5 Å². The molecular weight excluding hydrogens is 424 g/mol. The van der Waals surface area contributed by atoms with Crippen molar-refractivity contribution in [2.75, 3.05) is 33.4 Å². The van der Waals surface area contributed by atoms with E-state index in [4.69, 9.17) is 14.2 Å². The third-order valence-corrected chi connectivity index (χ3v) is 5.47. The van der Waals surface area contributed by atoms with E-state index >= 15 is 0 Å². The van der Waals surface area contributed by atoms with Crippen molar-refractivity contribution in [3.63, 3.8) is 0 Å². The minimum absolute atomic E-state index is 0.0658. The number of ether oxygens (including phenoxy) is 3. The van der Waals surface area contributed by atoms with Crippen molar-refractivity contribution in [3.8, 4) is 22.6 Å². The molecule has 1 heterocycles. The number of morpholine rings is 1. The summed E-state index contributed by atoms with van der Waals surface area (Å²) in [5, 5.41) is 11.4. The van der Waals surface area contributed by atoms with Crippen LogP contribution in [0.3, 0.4) is 0 Å². The fraction of sp³-hybridized carbons (Fsp3) is 0.240. The fourth-order valence-electron chi connectivity index (χ4n) is 3.70. The first-order chi connectivity index (χ1) is 16.1. The molecule has 0 radical (unpaired) electrons. The minimum atomic E-state index is -0.900. The third-order valence-electron chi connectivity index (χ3n) is 5.47. The zero-order valence-electron chi connectivity index (χ0n) is 18.2. The maximum Gasteiger partial charge on any atom is 0.270 e. The Morgan fingerprint density at radius 2 is 1.73 bits per heavy atom. The summed E-state index contributed by atoms with van der Waals surface area (Å²) in [6.07, 6.45) is -0.900. The molecule has 0 saturated carbocycles. The molecule has 1 unspecified atom stereocenters. The summed E-state index contributed by atoms with van der Waals surface area (Å²) in [6, 6.07) is 20.7. The first-order valence-corrected chi connectivity index (χ1v) is 10.6. The van der Waals surface area contributed by atoms with E-state index in [1.54, 1.807) is 42.3 Å². The number of hydrogen-bond donors (Lipinski definition) is 0. The number of nitrogens with zero attached hydrogens (tertiary/aromatic N) is 2. The first kappa shape index (κ1) is 22.3. The van der Waals surface area contributed by atoms with Gasteiger partial charge in [-0.3, -0.25) is 14.9 Å². The molecule has 3 aromatic carbocycles. The number of carbonyl (C=O) groups excluding carboxylic acids is 1. The second kappa shape index (κ2) is 10.1. The molecule has 1 atom stereocenters. The number of nitro benzene ring substituents is 1. The lowest BCUT2D eigenvalue weighted by molar-refractivity contribution is -0.384. The Bertz CT molecular complexity index is 1110. The normalized spacial score (nSPS) is 14.4. The van der Waals surface area contributed by atoms with Crippen molar-refractivity contribution < 1.29 is 23.9 Å². The second-order valence-corrected chi connectivity index (χ2v) is 7.51. The summed E-state index contributed by atoms with van der Waals surface area (Å²) in [6.45, 7) is 1.91. The Hall–Kier alpha value is -3.91. The predicted octanol–water partition coefficient (Wildman–Crippen LogP) is 4.25. The van der Waals surface area contributed by atoms with Crippen LogP contribution in [0, 0.1) is 10.1 Å². The Morgan fingerprint density at radius 3 is 2.36 bits per heavy atom. The predicted molar refractivity (Wildman–Crippen MR) is 122 cm³/mol. The number of hydrogen-bond acceptors (Lipinski definition) is 6. The van der Waals surface area contributed by atoms with Gasteiger partial charge < -0.3 is 19.1 Å². The molecule has 3 aromatic rings. The van der Waals surface area contributed by atoms with E-state index in [9.17, 15) is 14.9 Å². The number of rotatable bonds is 7. The molecule has 0 N–H and O–H groups in total. The summed E-state index contributed by atoms with van der Waals surface area (Å²) in [5.41, 5.74) is 1.86. The van der Waals surface area contributed by atoms with Crippen LogP contribution < -0.4 is 9.47 Å². The van der Waals surface area contributed by atoms with E-state index in [1.165, 1.54) is 12.1 Å². The van der Waals surface area contributed by atoms with Crippen LogP contribution in [0.1, 0.15) is 11.7 Å². The number of carbonyl (C=O) groups is 1. The molecule has 1 aliphatic rings. The standard InChI is InChI=1S/C25H24N2O6/c1-31-21-10-7-18(8-11-21)22-17-20(27(29)30)9-12-23(22)33-24(19-5-3-2-4-6-19)25(28)26-13-15-32-16-14-26/h2-12,17,24H,13-16H2,1H3. The van der Waals surface area contributed by atoms with E-state index in [0.29, 0.717) is 54.5 Å². The van der Waals surface area contributed by atoms with Gasteiger partial charge in [0, 0.05) is 36.3 Å². The lowest BCUT2D eigenvalue weighted by Crippen LogP contribution is -2.44. The Labute approximate surface area is 191 Å². The largest absolute Gasteiger partial charge is 0.497 e. The van der Waals surface area contributed by atoms with Gasteiger partial charge in [-0.25, -0.2) is 0 Å². The SMILES string of the molecule is COc1ccc(-c2cc([N+](=O)[O-])ccc2OC(C(=O)N2CCOCC2)c2ccccc2)cc1. The average molecular weight is 448 g/mol. The highest BCUT2D eigenvalue weighted by molar-refractivity contribution is 5.83. The number of nitro groups is 1. The molecule has 8 nitrogen and oxygen atoms in total. The van der Waals surface area contributed by atoms with Gasteiger partial charge >= 0.3 is 0 Å². The van der Waals surface area contributed by atoms with Gasteiger partial charge in [-0.2, -0.15) is 0 Å². The van der Waals surface area contributed by atoms with E-state index in [-0.39, 0.29) is 11.6 Å². The lowest BCUT2D eigenvalue weighted by Gasteiger charge is -2.31. The summed E-state index contributed by atoms with van der Waals surface area (Å²) in [4.78, 5) is 26.1. The van der Waals surface area contributed by atoms with Crippen molar-refractivity contribution in [2.24, 2.45) is 0 Å². The average Bonchev–Trinajstić information content (AvgIpc) is 2.88. The van der Waals surface area contributed by atoms with Crippen molar-refractivity contribution in [1.82, 2.24) is 4.90 Å². The highest BCUT2D eigenvalue weighted by Gasteiger charge is 2.30. The number of benzene rings is 3. The molecule has 33 heavy (non-hydrogen) atoms. The molecule has 8 heteroatoms. The number of non-ortho nitro benzene ring substituents is 1. The minimum Gasteiger partial charge on any atom is -0.497 e. The fourth-order valence-corrected chi connectivity index (χ4v) is 3.70. The highest BCUT2D eigenvalue weighted by atomic mass is 16.6. The summed E-state index contributed by atoms with van der Waals surface area (Å²) in [7, 11) is 1.57. The second-order valence-electron chi connectivity index (χ2n) is 7.51. The topological polar surface area (TPSA) is 91.1 Å². The molecule has 1 amide bonds. The van der Waals surface area contributed by atoms with Crippen LogP contribution in [0.25, 0.3) is 11.1 Å². The maximum absolute atomic E-state index is 13.4. The number of methoxy groups -OCH3 is 1. The molecular formula is C25H24N2O6. The molecule has 4 rings (SSSR count). The van der Waals surface area contributed by atoms with E-state index in [2.05, 4.69) is 0 Å². The van der Waals surface area contributed by atoms with Crippen LogP contribution in [0.4, 0.5) is 5.69 Å². The monoisotopic (exact) mass is 448 g/mol. The molecule has 1 saturated heterocycles. The van der Waals surface area contributed by atoms with Gasteiger partial charge in [0.05, 0.1) is 25.2 Å². The van der Waals surface area contributed by atoms with Crippen LogP contribution >= 0.6 is 0 Å². The Balaban J connectivity index is 1.74. The summed E-state index contributed by atoms with van der Waals surface area (Å²) < 4.78 is 16.9. The summed E-state index contributed by atoms with van der Waals surface area (Å²) >= 11 is 0. The molecule has 0 spiro atoms. The molecule has 170 valence electrons. The molecule has 0 bridgehead atoms. The van der Waals surface area contributed by atoms with Crippen LogP contribution in [-0.2, 0) is 9.53 Å². The molecule has 1 aliphatic heterocycles. The maximum atomic E-state index is 13.4. The van der Waals surface area contributed by atoms with E-state index in [0.717, 1.165) is 0 Å². The van der Waals surface area contributed by atoms with Gasteiger partial charge in [-0.15, -0.1) is 0 Å². The van der Waals surface area contributed by atoms with Crippen molar-refractivity contribution >= 4 is 11.6 Å². The van der Waals surface area contributed by atoms with E-state index in [1.807, 2.05) is 30.3 Å². The lowest BCUT2D eigenvalue weighted by atomic mass is 10.0. The zero-order chi connectivity index (χ0) is 23.2. The van der Waals surface area contributed by atoms with Crippen LogP contribution in [0.2, 0.25) is 0 Å². The highest BCUT2D eigenvalue weighted by Crippen LogP contribution is 2.37. The molecule has 0 aliphatic carbocycles. The van der Waals surface area contributed by atoms with Gasteiger partial charge in [0.15, 0.2) is 0 Å². The van der Waals surface area contributed by atoms with E-state index < -0.39 is 11.0 Å². The van der Waals surface area contributed by atoms with Gasteiger partial charge in [-0.1, -0.05) is 42.5 Å².